The van der Waals surface area contributed by atoms with Crippen molar-refractivity contribution in [3.63, 3.8) is 0 Å². The molecule has 0 saturated heterocycles. The second-order valence-electron chi connectivity index (χ2n) is 4.52. The van der Waals surface area contributed by atoms with Crippen LogP contribution in [0.1, 0.15) is 10.4 Å². The monoisotopic (exact) mass is 266 g/mol. The van der Waals surface area contributed by atoms with Crippen molar-refractivity contribution in [2.45, 2.75) is 6.54 Å². The van der Waals surface area contributed by atoms with Gasteiger partial charge in [-0.2, -0.15) is 5.10 Å². The van der Waals surface area contributed by atoms with E-state index in [1.807, 2.05) is 36.4 Å². The molecule has 1 aromatic heterocycles. The van der Waals surface area contributed by atoms with Gasteiger partial charge in [-0.05, 0) is 18.2 Å². The van der Waals surface area contributed by atoms with Gasteiger partial charge in [0.2, 0.25) is 0 Å². The molecule has 0 bridgehead atoms. The number of hydrogen-bond donors (Lipinski definition) is 0. The summed E-state index contributed by atoms with van der Waals surface area (Å²) < 4.78 is 6.86. The number of para-hydroxylation sites is 1. The first-order valence-electron chi connectivity index (χ1n) is 6.36. The summed E-state index contributed by atoms with van der Waals surface area (Å²) in [6, 6.07) is 15.0. The lowest BCUT2D eigenvalue weighted by Crippen LogP contribution is -2.11. The lowest BCUT2D eigenvalue weighted by atomic mass is 10.1. The summed E-state index contributed by atoms with van der Waals surface area (Å²) in [6.07, 6.45) is 1.77. The SMILES string of the molecule is COc1cccc(C(=O)Cn2ncc3ccccc32)c1. The Bertz CT molecular complexity index is 762. The average Bonchev–Trinajstić information content (AvgIpc) is 2.90. The van der Waals surface area contributed by atoms with E-state index < -0.39 is 0 Å². The highest BCUT2D eigenvalue weighted by molar-refractivity contribution is 5.97. The quantitative estimate of drug-likeness (QED) is 0.682. The standard InChI is InChI=1S/C16H14N2O2/c1-20-14-7-4-6-12(9-14)16(19)11-18-15-8-3-2-5-13(15)10-17-18/h2-10H,11H2,1H3. The zero-order chi connectivity index (χ0) is 13.9. The molecule has 0 radical (unpaired) electrons. The largest absolute Gasteiger partial charge is 0.497 e. The van der Waals surface area contributed by atoms with Crippen LogP contribution >= 0.6 is 0 Å². The molecule has 3 rings (SSSR count). The van der Waals surface area contributed by atoms with E-state index in [1.165, 1.54) is 0 Å². The summed E-state index contributed by atoms with van der Waals surface area (Å²) in [5, 5.41) is 5.30. The van der Waals surface area contributed by atoms with Gasteiger partial charge in [-0.15, -0.1) is 0 Å². The summed E-state index contributed by atoms with van der Waals surface area (Å²) in [4.78, 5) is 12.3. The van der Waals surface area contributed by atoms with Crippen LogP contribution in [0, 0.1) is 0 Å². The Morgan fingerprint density at radius 3 is 2.90 bits per heavy atom. The van der Waals surface area contributed by atoms with E-state index in [4.69, 9.17) is 4.74 Å². The van der Waals surface area contributed by atoms with Crippen LogP contribution in [-0.4, -0.2) is 22.7 Å². The number of nitrogens with zero attached hydrogens (tertiary/aromatic N) is 2. The summed E-state index contributed by atoms with van der Waals surface area (Å²) in [5.41, 5.74) is 1.59. The molecule has 2 aromatic carbocycles. The fourth-order valence-corrected chi connectivity index (χ4v) is 2.18. The van der Waals surface area contributed by atoms with Gasteiger partial charge in [0, 0.05) is 10.9 Å². The van der Waals surface area contributed by atoms with Crippen LogP contribution in [0.5, 0.6) is 5.75 Å². The van der Waals surface area contributed by atoms with Gasteiger partial charge in [0.05, 0.1) is 18.8 Å². The summed E-state index contributed by atoms with van der Waals surface area (Å²) in [5.74, 6) is 0.693. The molecule has 0 aliphatic heterocycles. The maximum atomic E-state index is 12.3. The van der Waals surface area contributed by atoms with E-state index in [2.05, 4.69) is 5.10 Å². The zero-order valence-electron chi connectivity index (χ0n) is 11.1. The molecule has 4 nitrogen and oxygen atoms in total. The lowest BCUT2D eigenvalue weighted by Gasteiger charge is -2.05. The van der Waals surface area contributed by atoms with Gasteiger partial charge in [-0.1, -0.05) is 30.3 Å². The molecular formula is C16H14N2O2. The third-order valence-corrected chi connectivity index (χ3v) is 3.24. The van der Waals surface area contributed by atoms with Crippen molar-refractivity contribution >= 4 is 16.7 Å². The van der Waals surface area contributed by atoms with E-state index in [0.29, 0.717) is 11.3 Å². The van der Waals surface area contributed by atoms with Gasteiger partial charge in [0.25, 0.3) is 0 Å². The number of ketones is 1. The van der Waals surface area contributed by atoms with Gasteiger partial charge in [0.1, 0.15) is 12.3 Å². The average molecular weight is 266 g/mol. The number of hydrogen-bond acceptors (Lipinski definition) is 3. The molecule has 0 aliphatic rings. The number of Topliss-reactive ketones (excluding diaryl/α,β-unsaturated/α-hetero) is 1. The highest BCUT2D eigenvalue weighted by Gasteiger charge is 2.10. The van der Waals surface area contributed by atoms with Crippen molar-refractivity contribution in [2.75, 3.05) is 7.11 Å². The first kappa shape index (κ1) is 12.4. The molecule has 1 heterocycles. The maximum Gasteiger partial charge on any atom is 0.184 e. The molecule has 0 amide bonds. The second-order valence-corrected chi connectivity index (χ2v) is 4.52. The Balaban J connectivity index is 1.88. The third-order valence-electron chi connectivity index (χ3n) is 3.24. The van der Waals surface area contributed by atoms with Gasteiger partial charge in [0.15, 0.2) is 5.78 Å². The number of carbonyl (C=O) groups excluding carboxylic acids is 1. The smallest absolute Gasteiger partial charge is 0.184 e. The molecule has 100 valence electrons. The van der Waals surface area contributed by atoms with E-state index in [0.717, 1.165) is 10.9 Å². The normalized spacial score (nSPS) is 10.7. The summed E-state index contributed by atoms with van der Waals surface area (Å²) in [6.45, 7) is 0.223. The minimum atomic E-state index is 0.0118. The molecule has 0 N–H and O–H groups in total. The first-order chi connectivity index (χ1) is 9.78. The van der Waals surface area contributed by atoms with Crippen LogP contribution < -0.4 is 4.74 Å². The topological polar surface area (TPSA) is 44.1 Å². The molecule has 0 fully saturated rings. The molecule has 0 saturated carbocycles. The maximum absolute atomic E-state index is 12.3. The fourth-order valence-electron chi connectivity index (χ4n) is 2.18. The molecule has 0 atom stereocenters. The number of carbonyl (C=O) groups is 1. The molecule has 4 heteroatoms. The van der Waals surface area contributed by atoms with Gasteiger partial charge in [-0.3, -0.25) is 9.48 Å². The molecule has 0 aliphatic carbocycles. The Labute approximate surface area is 116 Å². The number of aromatic nitrogens is 2. The van der Waals surface area contributed by atoms with Gasteiger partial charge >= 0.3 is 0 Å². The van der Waals surface area contributed by atoms with Crippen LogP contribution in [0.2, 0.25) is 0 Å². The van der Waals surface area contributed by atoms with Gasteiger partial charge < -0.3 is 4.74 Å². The molecule has 0 unspecified atom stereocenters. The Kier molecular flexibility index (Phi) is 3.21. The van der Waals surface area contributed by atoms with E-state index in [1.54, 1.807) is 30.1 Å². The van der Waals surface area contributed by atoms with Crippen molar-refractivity contribution in [2.24, 2.45) is 0 Å². The van der Waals surface area contributed by atoms with Crippen molar-refractivity contribution in [3.05, 3.63) is 60.3 Å². The molecule has 3 aromatic rings. The number of fused-ring (bicyclic) bond motifs is 1. The Morgan fingerprint density at radius 2 is 2.05 bits per heavy atom. The van der Waals surface area contributed by atoms with Crippen molar-refractivity contribution in [1.29, 1.82) is 0 Å². The predicted molar refractivity (Wildman–Crippen MR) is 77.1 cm³/mol. The molecule has 0 spiro atoms. The zero-order valence-corrected chi connectivity index (χ0v) is 11.1. The van der Waals surface area contributed by atoms with E-state index >= 15 is 0 Å². The van der Waals surface area contributed by atoms with Crippen LogP contribution in [0.15, 0.2) is 54.7 Å². The number of ether oxygens (including phenoxy) is 1. The minimum absolute atomic E-state index is 0.0118. The lowest BCUT2D eigenvalue weighted by molar-refractivity contribution is 0.0969. The number of rotatable bonds is 4. The third kappa shape index (κ3) is 2.28. The van der Waals surface area contributed by atoms with Crippen molar-refractivity contribution < 1.29 is 9.53 Å². The summed E-state index contributed by atoms with van der Waals surface area (Å²) in [7, 11) is 1.59. The summed E-state index contributed by atoms with van der Waals surface area (Å²) >= 11 is 0. The molecule has 20 heavy (non-hydrogen) atoms. The van der Waals surface area contributed by atoms with Crippen LogP contribution in [0.4, 0.5) is 0 Å². The predicted octanol–water partition coefficient (Wildman–Crippen LogP) is 2.93. The van der Waals surface area contributed by atoms with E-state index in [-0.39, 0.29) is 12.3 Å². The van der Waals surface area contributed by atoms with Crippen molar-refractivity contribution in [3.8, 4) is 5.75 Å². The highest BCUT2D eigenvalue weighted by atomic mass is 16.5. The minimum Gasteiger partial charge on any atom is -0.497 e. The second kappa shape index (κ2) is 5.17. The first-order valence-corrected chi connectivity index (χ1v) is 6.36. The van der Waals surface area contributed by atoms with Gasteiger partial charge in [-0.25, -0.2) is 0 Å². The highest BCUT2D eigenvalue weighted by Crippen LogP contribution is 2.16. The van der Waals surface area contributed by atoms with E-state index in [9.17, 15) is 4.79 Å². The fraction of sp³-hybridized carbons (Fsp3) is 0.125. The Hall–Kier alpha value is -2.62. The number of methoxy groups -OCH3 is 1. The molecular weight excluding hydrogens is 252 g/mol. The Morgan fingerprint density at radius 1 is 1.20 bits per heavy atom. The van der Waals surface area contributed by atoms with Crippen LogP contribution in [-0.2, 0) is 6.54 Å². The number of benzene rings is 2. The van der Waals surface area contributed by atoms with Crippen LogP contribution in [0.3, 0.4) is 0 Å². The van der Waals surface area contributed by atoms with Crippen molar-refractivity contribution in [1.82, 2.24) is 9.78 Å². The van der Waals surface area contributed by atoms with Crippen LogP contribution in [0.25, 0.3) is 10.9 Å².